The van der Waals surface area contributed by atoms with Gasteiger partial charge in [0.25, 0.3) is 0 Å². The van der Waals surface area contributed by atoms with Crippen molar-refractivity contribution in [3.63, 3.8) is 0 Å². The average Bonchev–Trinajstić information content (AvgIpc) is 3.47. The molecular formula is C25H21N3O2S. The first kappa shape index (κ1) is 19.5. The highest BCUT2D eigenvalue weighted by Crippen LogP contribution is 2.35. The number of allylic oxidation sites excluding steroid dienone is 1. The maximum Gasteiger partial charge on any atom is 0.211 e. The van der Waals surface area contributed by atoms with Crippen LogP contribution in [0.4, 0.5) is 0 Å². The largest absolute Gasteiger partial charge is 0.493 e. The Morgan fingerprint density at radius 3 is 2.84 bits per heavy atom. The van der Waals surface area contributed by atoms with Crippen LogP contribution in [0.1, 0.15) is 26.9 Å². The molecule has 1 aliphatic heterocycles. The van der Waals surface area contributed by atoms with Crippen LogP contribution in [0.15, 0.2) is 90.4 Å². The molecule has 1 atom stereocenters. The standard InChI is InChI=1S/C25H21N3O2S/c29-24(23-16-31-25(28-23)18-7-4-11-26-14-18)21-15-27-22-13-19(8-9-20(21)22)30-12-10-17-5-2-1-3-6-17/h1-9,11,13-16,25,27-28H,10,12H2. The van der Waals surface area contributed by atoms with E-state index in [9.17, 15) is 4.79 Å². The Morgan fingerprint density at radius 1 is 1.10 bits per heavy atom. The number of hydrogen-bond donors (Lipinski definition) is 2. The third-order valence-corrected chi connectivity index (χ3v) is 6.27. The summed E-state index contributed by atoms with van der Waals surface area (Å²) in [4.78, 5) is 20.5. The molecule has 0 spiro atoms. The number of fused-ring (bicyclic) bond motifs is 1. The number of Topliss-reactive ketones (excluding diaryl/α,β-unsaturated/α-hetero) is 1. The van der Waals surface area contributed by atoms with Crippen molar-refractivity contribution in [3.8, 4) is 5.75 Å². The summed E-state index contributed by atoms with van der Waals surface area (Å²) in [7, 11) is 0. The number of carbonyl (C=O) groups is 1. The van der Waals surface area contributed by atoms with Crippen LogP contribution in [0.25, 0.3) is 10.9 Å². The van der Waals surface area contributed by atoms with Crippen LogP contribution in [0, 0.1) is 0 Å². The summed E-state index contributed by atoms with van der Waals surface area (Å²) in [6.07, 6.45) is 6.18. The molecule has 0 bridgehead atoms. The summed E-state index contributed by atoms with van der Waals surface area (Å²) >= 11 is 1.58. The maximum atomic E-state index is 13.1. The molecule has 0 amide bonds. The van der Waals surface area contributed by atoms with Gasteiger partial charge in [-0.15, -0.1) is 11.8 Å². The number of aromatic amines is 1. The SMILES string of the molecule is O=C(C1=CSC(c2cccnc2)N1)c1c[nH]c2cc(OCCc3ccccc3)ccc12. The third kappa shape index (κ3) is 4.20. The highest BCUT2D eigenvalue weighted by molar-refractivity contribution is 8.02. The number of carbonyl (C=O) groups excluding carboxylic acids is 1. The van der Waals surface area contributed by atoms with E-state index in [1.807, 2.05) is 60.1 Å². The fraction of sp³-hybridized carbons (Fsp3) is 0.120. The number of thioether (sulfide) groups is 1. The van der Waals surface area contributed by atoms with Crippen LogP contribution in [-0.4, -0.2) is 22.4 Å². The molecule has 0 saturated carbocycles. The van der Waals surface area contributed by atoms with Crippen molar-refractivity contribution in [3.05, 3.63) is 107 Å². The van der Waals surface area contributed by atoms with Gasteiger partial charge in [-0.25, -0.2) is 0 Å². The Bertz CT molecular complexity index is 1240. The van der Waals surface area contributed by atoms with Gasteiger partial charge in [-0.05, 0) is 23.8 Å². The molecule has 2 aromatic heterocycles. The molecule has 0 saturated heterocycles. The molecule has 5 nitrogen and oxygen atoms in total. The van der Waals surface area contributed by atoms with Crippen LogP contribution >= 0.6 is 11.8 Å². The van der Waals surface area contributed by atoms with Gasteiger partial charge in [0.15, 0.2) is 0 Å². The lowest BCUT2D eigenvalue weighted by Gasteiger charge is -2.12. The van der Waals surface area contributed by atoms with E-state index in [0.717, 1.165) is 28.6 Å². The second-order valence-corrected chi connectivity index (χ2v) is 8.28. The molecule has 154 valence electrons. The van der Waals surface area contributed by atoms with E-state index in [2.05, 4.69) is 27.4 Å². The Balaban J connectivity index is 1.26. The summed E-state index contributed by atoms with van der Waals surface area (Å²) in [6, 6.07) is 20.0. The van der Waals surface area contributed by atoms with E-state index in [4.69, 9.17) is 4.74 Å². The number of rotatable bonds is 7. The number of ether oxygens (including phenoxy) is 1. The van der Waals surface area contributed by atoms with Gasteiger partial charge in [-0.2, -0.15) is 0 Å². The zero-order valence-electron chi connectivity index (χ0n) is 16.7. The predicted molar refractivity (Wildman–Crippen MR) is 124 cm³/mol. The van der Waals surface area contributed by atoms with E-state index in [1.54, 1.807) is 24.2 Å². The molecule has 0 fully saturated rings. The van der Waals surface area contributed by atoms with E-state index in [-0.39, 0.29) is 11.2 Å². The molecule has 2 aromatic carbocycles. The van der Waals surface area contributed by atoms with Crippen LogP contribution in [0.2, 0.25) is 0 Å². The number of nitrogens with one attached hydrogen (secondary N) is 2. The fourth-order valence-electron chi connectivity index (χ4n) is 3.62. The normalized spacial score (nSPS) is 15.5. The zero-order chi connectivity index (χ0) is 21.0. The fourth-order valence-corrected chi connectivity index (χ4v) is 4.56. The van der Waals surface area contributed by atoms with E-state index < -0.39 is 0 Å². The van der Waals surface area contributed by atoms with Crippen molar-refractivity contribution < 1.29 is 9.53 Å². The number of aromatic nitrogens is 2. The minimum Gasteiger partial charge on any atom is -0.493 e. The molecule has 4 aromatic rings. The van der Waals surface area contributed by atoms with Crippen LogP contribution in [-0.2, 0) is 6.42 Å². The molecule has 0 radical (unpaired) electrons. The Labute approximate surface area is 184 Å². The van der Waals surface area contributed by atoms with Gasteiger partial charge in [-0.3, -0.25) is 9.78 Å². The maximum absolute atomic E-state index is 13.1. The molecule has 2 N–H and O–H groups in total. The van der Waals surface area contributed by atoms with Gasteiger partial charge in [0.2, 0.25) is 5.78 Å². The predicted octanol–water partition coefficient (Wildman–Crippen LogP) is 5.24. The van der Waals surface area contributed by atoms with Crippen LogP contribution in [0.3, 0.4) is 0 Å². The van der Waals surface area contributed by atoms with Gasteiger partial charge in [0.05, 0.1) is 12.3 Å². The second-order valence-electron chi connectivity index (χ2n) is 7.30. The molecular weight excluding hydrogens is 406 g/mol. The van der Waals surface area contributed by atoms with E-state index >= 15 is 0 Å². The summed E-state index contributed by atoms with van der Waals surface area (Å²) < 4.78 is 5.91. The van der Waals surface area contributed by atoms with Crippen molar-refractivity contribution >= 4 is 28.4 Å². The monoisotopic (exact) mass is 427 g/mol. The number of ketones is 1. The number of hydrogen-bond acceptors (Lipinski definition) is 5. The van der Waals surface area contributed by atoms with Gasteiger partial charge in [0.1, 0.15) is 11.1 Å². The minimum absolute atomic E-state index is 0.00229. The smallest absolute Gasteiger partial charge is 0.211 e. The first-order valence-electron chi connectivity index (χ1n) is 10.1. The quantitative estimate of drug-likeness (QED) is 0.395. The van der Waals surface area contributed by atoms with E-state index in [0.29, 0.717) is 17.9 Å². The van der Waals surface area contributed by atoms with Crippen molar-refractivity contribution in [1.82, 2.24) is 15.3 Å². The van der Waals surface area contributed by atoms with Gasteiger partial charge < -0.3 is 15.0 Å². The zero-order valence-corrected chi connectivity index (χ0v) is 17.6. The lowest BCUT2D eigenvalue weighted by molar-refractivity contribution is 0.102. The summed E-state index contributed by atoms with van der Waals surface area (Å²) in [6.45, 7) is 0.603. The second kappa shape index (κ2) is 8.70. The van der Waals surface area contributed by atoms with Gasteiger partial charge in [0, 0.05) is 58.5 Å². The minimum atomic E-state index is -0.0251. The van der Waals surface area contributed by atoms with Gasteiger partial charge >= 0.3 is 0 Å². The van der Waals surface area contributed by atoms with E-state index in [1.165, 1.54) is 5.56 Å². The molecule has 1 unspecified atom stereocenters. The highest BCUT2D eigenvalue weighted by Gasteiger charge is 2.25. The van der Waals surface area contributed by atoms with Crippen LogP contribution in [0.5, 0.6) is 5.75 Å². The summed E-state index contributed by atoms with van der Waals surface area (Å²) in [5, 5.41) is 6.09. The first-order chi connectivity index (χ1) is 15.3. The Kier molecular flexibility index (Phi) is 5.46. The number of H-pyrrole nitrogens is 1. The molecule has 5 rings (SSSR count). The Morgan fingerprint density at radius 2 is 2.00 bits per heavy atom. The number of pyridine rings is 1. The van der Waals surface area contributed by atoms with Crippen LogP contribution < -0.4 is 10.1 Å². The van der Waals surface area contributed by atoms with Gasteiger partial charge in [-0.1, -0.05) is 36.4 Å². The van der Waals surface area contributed by atoms with Crippen molar-refractivity contribution in [2.75, 3.05) is 6.61 Å². The first-order valence-corrected chi connectivity index (χ1v) is 11.1. The van der Waals surface area contributed by atoms with Crippen molar-refractivity contribution in [2.45, 2.75) is 11.8 Å². The average molecular weight is 428 g/mol. The number of benzene rings is 2. The number of nitrogens with zero attached hydrogens (tertiary/aromatic N) is 1. The highest BCUT2D eigenvalue weighted by atomic mass is 32.2. The van der Waals surface area contributed by atoms with Crippen molar-refractivity contribution in [1.29, 1.82) is 0 Å². The molecule has 0 aliphatic carbocycles. The topological polar surface area (TPSA) is 67.0 Å². The third-order valence-electron chi connectivity index (χ3n) is 5.24. The molecule has 31 heavy (non-hydrogen) atoms. The molecule has 1 aliphatic rings. The molecule has 6 heteroatoms. The Hall–Kier alpha value is -3.51. The van der Waals surface area contributed by atoms with Crippen molar-refractivity contribution in [2.24, 2.45) is 0 Å². The molecule has 3 heterocycles. The lowest BCUT2D eigenvalue weighted by atomic mass is 10.1. The summed E-state index contributed by atoms with van der Waals surface area (Å²) in [5.74, 6) is 0.762. The lowest BCUT2D eigenvalue weighted by Crippen LogP contribution is -2.19. The summed E-state index contributed by atoms with van der Waals surface area (Å²) in [5.41, 5.74) is 4.43.